The van der Waals surface area contributed by atoms with E-state index in [2.05, 4.69) is 10.3 Å². The summed E-state index contributed by atoms with van der Waals surface area (Å²) in [7, 11) is 0. The molecule has 0 fully saturated rings. The largest absolute Gasteiger partial charge is 0.486 e. The number of nitrogens with one attached hydrogen (secondary N) is 1. The molecule has 3 aromatic rings. The van der Waals surface area contributed by atoms with E-state index in [1.54, 1.807) is 23.6 Å². The summed E-state index contributed by atoms with van der Waals surface area (Å²) in [5, 5.41) is 5.55. The normalized spacial score (nSPS) is 14.8. The van der Waals surface area contributed by atoms with Gasteiger partial charge in [-0.3, -0.25) is 4.79 Å². The van der Waals surface area contributed by atoms with Crippen molar-refractivity contribution in [2.24, 2.45) is 0 Å². The summed E-state index contributed by atoms with van der Waals surface area (Å²) in [6.45, 7) is 0.155. The predicted molar refractivity (Wildman–Crippen MR) is 112 cm³/mol. The molecule has 0 bridgehead atoms. The molecule has 30 heavy (non-hydrogen) atoms. The van der Waals surface area contributed by atoms with E-state index >= 15 is 0 Å². The first kappa shape index (κ1) is 20.2. The summed E-state index contributed by atoms with van der Waals surface area (Å²) in [6, 6.07) is 14.5. The maximum Gasteiger partial charge on any atom is 0.358 e. The Balaban J connectivity index is 1.23. The van der Waals surface area contributed by atoms with E-state index in [-0.39, 0.29) is 18.3 Å². The lowest BCUT2D eigenvalue weighted by Crippen LogP contribution is -2.42. The highest BCUT2D eigenvalue weighted by Gasteiger charge is 2.21. The fourth-order valence-electron chi connectivity index (χ4n) is 2.74. The minimum absolute atomic E-state index is 0.151. The van der Waals surface area contributed by atoms with E-state index in [4.69, 9.17) is 25.8 Å². The van der Waals surface area contributed by atoms with Crippen LogP contribution < -0.4 is 14.8 Å². The number of carbonyl (C=O) groups is 2. The fraction of sp³-hybridized carbons (Fsp3) is 0.190. The zero-order valence-corrected chi connectivity index (χ0v) is 17.2. The van der Waals surface area contributed by atoms with Crippen molar-refractivity contribution in [1.29, 1.82) is 0 Å². The number of esters is 1. The van der Waals surface area contributed by atoms with Crippen LogP contribution in [0.15, 0.2) is 53.9 Å². The van der Waals surface area contributed by atoms with Gasteiger partial charge in [0.2, 0.25) is 0 Å². The molecule has 1 aliphatic rings. The van der Waals surface area contributed by atoms with E-state index in [1.807, 2.05) is 30.3 Å². The van der Waals surface area contributed by atoms with Crippen molar-refractivity contribution < 1.29 is 23.8 Å². The Hall–Kier alpha value is -3.10. The third-order valence-electron chi connectivity index (χ3n) is 4.23. The number of nitrogens with zero attached hydrogens (tertiary/aromatic N) is 1. The van der Waals surface area contributed by atoms with Gasteiger partial charge in [0.05, 0.1) is 6.54 Å². The average Bonchev–Trinajstić information content (AvgIpc) is 3.27. The Labute approximate surface area is 181 Å². The van der Waals surface area contributed by atoms with E-state index < -0.39 is 18.5 Å². The van der Waals surface area contributed by atoms with Crippen molar-refractivity contribution in [3.8, 4) is 22.1 Å². The Morgan fingerprint density at radius 3 is 2.73 bits per heavy atom. The number of halogens is 1. The Morgan fingerprint density at radius 2 is 1.93 bits per heavy atom. The molecule has 4 rings (SSSR count). The topological polar surface area (TPSA) is 86.8 Å². The number of aromatic nitrogens is 1. The minimum Gasteiger partial charge on any atom is -0.486 e. The molecule has 0 saturated heterocycles. The molecule has 1 atom stereocenters. The highest BCUT2D eigenvalue weighted by atomic mass is 35.5. The first-order chi connectivity index (χ1) is 14.6. The van der Waals surface area contributed by atoms with Gasteiger partial charge in [-0.1, -0.05) is 35.9 Å². The van der Waals surface area contributed by atoms with Gasteiger partial charge in [-0.2, -0.15) is 0 Å². The molecule has 7 nitrogen and oxygen atoms in total. The molecule has 0 aliphatic carbocycles. The molecule has 9 heteroatoms. The van der Waals surface area contributed by atoms with E-state index in [1.165, 1.54) is 11.3 Å². The highest BCUT2D eigenvalue weighted by molar-refractivity contribution is 7.13. The minimum atomic E-state index is -0.659. The van der Waals surface area contributed by atoms with Crippen LogP contribution in [0.3, 0.4) is 0 Å². The number of ether oxygens (including phenoxy) is 3. The smallest absolute Gasteiger partial charge is 0.358 e. The van der Waals surface area contributed by atoms with Gasteiger partial charge >= 0.3 is 5.97 Å². The van der Waals surface area contributed by atoms with Crippen LogP contribution in [0.5, 0.6) is 11.5 Å². The van der Waals surface area contributed by atoms with Gasteiger partial charge in [0.25, 0.3) is 5.91 Å². The second-order valence-electron chi connectivity index (χ2n) is 6.42. The van der Waals surface area contributed by atoms with Gasteiger partial charge in [-0.15, -0.1) is 11.3 Å². The fourth-order valence-corrected chi connectivity index (χ4v) is 3.66. The number of benzene rings is 2. The monoisotopic (exact) mass is 444 g/mol. The third-order valence-corrected chi connectivity index (χ3v) is 5.38. The number of para-hydroxylation sites is 2. The number of fused-ring (bicyclic) bond motifs is 1. The van der Waals surface area contributed by atoms with Gasteiger partial charge in [-0.25, -0.2) is 9.78 Å². The summed E-state index contributed by atoms with van der Waals surface area (Å²) < 4.78 is 16.4. The first-order valence-corrected chi connectivity index (χ1v) is 10.4. The summed E-state index contributed by atoms with van der Waals surface area (Å²) in [5.41, 5.74) is 0.996. The maximum atomic E-state index is 12.2. The molecule has 0 saturated carbocycles. The number of rotatable bonds is 6. The third kappa shape index (κ3) is 4.90. The van der Waals surface area contributed by atoms with Crippen LogP contribution in [0.1, 0.15) is 10.5 Å². The summed E-state index contributed by atoms with van der Waals surface area (Å²) in [5.74, 6) is 0.219. The second-order valence-corrected chi connectivity index (χ2v) is 7.72. The predicted octanol–water partition coefficient (Wildman–Crippen LogP) is 3.58. The van der Waals surface area contributed by atoms with Gasteiger partial charge in [0.15, 0.2) is 23.8 Å². The van der Waals surface area contributed by atoms with Gasteiger partial charge in [0, 0.05) is 16.0 Å². The van der Waals surface area contributed by atoms with Crippen LogP contribution in [-0.4, -0.2) is 42.7 Å². The highest BCUT2D eigenvalue weighted by Crippen LogP contribution is 2.30. The van der Waals surface area contributed by atoms with Crippen molar-refractivity contribution in [3.05, 3.63) is 64.6 Å². The van der Waals surface area contributed by atoms with Crippen LogP contribution in [0, 0.1) is 0 Å². The van der Waals surface area contributed by atoms with Gasteiger partial charge in [-0.05, 0) is 24.3 Å². The lowest BCUT2D eigenvalue weighted by atomic mass is 10.2. The molecule has 1 aromatic heterocycles. The SMILES string of the molecule is O=C(COC(=O)c1csc(-c2ccc(Cl)cc2)n1)NCC1COc2ccccc2O1. The van der Waals surface area contributed by atoms with Crippen LogP contribution in [0.4, 0.5) is 0 Å². The van der Waals surface area contributed by atoms with Crippen molar-refractivity contribution >= 4 is 34.8 Å². The van der Waals surface area contributed by atoms with E-state index in [0.717, 1.165) is 5.56 Å². The van der Waals surface area contributed by atoms with Crippen molar-refractivity contribution in [2.45, 2.75) is 6.10 Å². The van der Waals surface area contributed by atoms with Crippen LogP contribution in [-0.2, 0) is 9.53 Å². The quantitative estimate of drug-likeness (QED) is 0.585. The Kier molecular flexibility index (Phi) is 6.15. The first-order valence-electron chi connectivity index (χ1n) is 9.12. The number of hydrogen-bond donors (Lipinski definition) is 1. The molecular formula is C21H17ClN2O5S. The lowest BCUT2D eigenvalue weighted by Gasteiger charge is -2.26. The lowest BCUT2D eigenvalue weighted by molar-refractivity contribution is -0.124. The molecular weight excluding hydrogens is 428 g/mol. The maximum absolute atomic E-state index is 12.2. The Morgan fingerprint density at radius 1 is 1.17 bits per heavy atom. The standard InChI is InChI=1S/C21H17ClN2O5S/c22-14-7-5-13(6-8-14)20-24-16(12-30-20)21(26)28-11-19(25)23-9-15-10-27-17-3-1-2-4-18(17)29-15/h1-8,12,15H,9-11H2,(H,23,25). The zero-order chi connectivity index (χ0) is 20.9. The molecule has 154 valence electrons. The van der Waals surface area contributed by atoms with Gasteiger partial charge < -0.3 is 19.5 Å². The molecule has 1 unspecified atom stereocenters. The zero-order valence-electron chi connectivity index (χ0n) is 15.7. The number of carbonyl (C=O) groups excluding carboxylic acids is 2. The van der Waals surface area contributed by atoms with Crippen LogP contribution in [0.25, 0.3) is 10.6 Å². The molecule has 2 aromatic carbocycles. The second kappa shape index (κ2) is 9.15. The number of thiazole rings is 1. The van der Waals surface area contributed by atoms with E-state index in [9.17, 15) is 9.59 Å². The van der Waals surface area contributed by atoms with Crippen LogP contribution in [0.2, 0.25) is 5.02 Å². The molecule has 1 aliphatic heterocycles. The average molecular weight is 445 g/mol. The van der Waals surface area contributed by atoms with E-state index in [0.29, 0.717) is 28.1 Å². The molecule has 0 spiro atoms. The van der Waals surface area contributed by atoms with Crippen molar-refractivity contribution in [1.82, 2.24) is 10.3 Å². The molecule has 2 heterocycles. The summed E-state index contributed by atoms with van der Waals surface area (Å²) in [6.07, 6.45) is -0.319. The number of hydrogen-bond acceptors (Lipinski definition) is 7. The molecule has 0 radical (unpaired) electrons. The van der Waals surface area contributed by atoms with Crippen molar-refractivity contribution in [2.75, 3.05) is 19.8 Å². The van der Waals surface area contributed by atoms with Crippen molar-refractivity contribution in [3.63, 3.8) is 0 Å². The van der Waals surface area contributed by atoms with Crippen LogP contribution >= 0.6 is 22.9 Å². The molecule has 1 amide bonds. The van der Waals surface area contributed by atoms with Gasteiger partial charge in [0.1, 0.15) is 17.7 Å². The Bertz CT molecular complexity index is 1050. The number of amides is 1. The summed E-state index contributed by atoms with van der Waals surface area (Å²) in [4.78, 5) is 28.4. The summed E-state index contributed by atoms with van der Waals surface area (Å²) >= 11 is 7.19. The molecule has 1 N–H and O–H groups in total.